The van der Waals surface area contributed by atoms with Crippen LogP contribution in [-0.4, -0.2) is 13.3 Å². The van der Waals surface area contributed by atoms with Crippen molar-refractivity contribution in [2.45, 2.75) is 11.1 Å². The summed E-state index contributed by atoms with van der Waals surface area (Å²) in [6, 6.07) is 1.36. The molecule has 0 atom stereocenters. The maximum Gasteiger partial charge on any atom is 0.424 e. The van der Waals surface area contributed by atoms with E-state index in [1.165, 1.54) is 0 Å². The molecular weight excluding hydrogens is 345 g/mol. The van der Waals surface area contributed by atoms with Gasteiger partial charge in [-0.15, -0.1) is 0 Å². The van der Waals surface area contributed by atoms with Gasteiger partial charge in [-0.3, -0.25) is 10.1 Å². The van der Waals surface area contributed by atoms with Crippen molar-refractivity contribution >= 4 is 31.6 Å². The monoisotopic (exact) mass is 348 g/mol. The Labute approximate surface area is 107 Å². The molecule has 0 heterocycles. The lowest BCUT2D eigenvalue weighted by molar-refractivity contribution is -0.388. The molecule has 11 heteroatoms. The second kappa shape index (κ2) is 4.48. The third kappa shape index (κ3) is 2.79. The van der Waals surface area contributed by atoms with E-state index in [2.05, 4.69) is 21.1 Å². The predicted octanol–water partition coefficient (Wildman–Crippen LogP) is 2.02. The molecule has 0 unspecified atom stereocenters. The van der Waals surface area contributed by atoms with Crippen LogP contribution in [0.3, 0.4) is 0 Å². The van der Waals surface area contributed by atoms with Crippen molar-refractivity contribution < 1.29 is 26.5 Å². The third-order valence-corrected chi connectivity index (χ3v) is 3.77. The molecule has 100 valence electrons. The average Bonchev–Trinajstić information content (AvgIpc) is 2.13. The Kier molecular flexibility index (Phi) is 3.70. The zero-order valence-electron chi connectivity index (χ0n) is 8.23. The van der Waals surface area contributed by atoms with Gasteiger partial charge >= 0.3 is 6.18 Å². The summed E-state index contributed by atoms with van der Waals surface area (Å²) < 4.78 is 59.9. The summed E-state index contributed by atoms with van der Waals surface area (Å²) in [4.78, 5) is 7.83. The van der Waals surface area contributed by atoms with Crippen LogP contribution < -0.4 is 5.14 Å². The van der Waals surface area contributed by atoms with Crippen molar-refractivity contribution in [1.29, 1.82) is 0 Å². The van der Waals surface area contributed by atoms with Gasteiger partial charge in [0.2, 0.25) is 10.0 Å². The normalized spacial score (nSPS) is 12.5. The second-order valence-electron chi connectivity index (χ2n) is 3.07. The number of primary sulfonamides is 1. The van der Waals surface area contributed by atoms with E-state index >= 15 is 0 Å². The minimum atomic E-state index is -5.23. The lowest BCUT2D eigenvalue weighted by atomic mass is 10.1. The summed E-state index contributed by atoms with van der Waals surface area (Å²) in [5, 5.41) is 15.2. The molecule has 2 N–H and O–H groups in total. The molecule has 0 saturated carbocycles. The minimum Gasteiger partial charge on any atom is -0.258 e. The van der Waals surface area contributed by atoms with E-state index in [1.54, 1.807) is 0 Å². The molecule has 0 aliphatic heterocycles. The van der Waals surface area contributed by atoms with Crippen molar-refractivity contribution in [1.82, 2.24) is 0 Å². The number of sulfonamides is 1. The molecule has 0 aliphatic carbocycles. The number of alkyl halides is 3. The molecule has 0 aromatic heterocycles. The van der Waals surface area contributed by atoms with E-state index in [0.29, 0.717) is 6.07 Å². The fraction of sp³-hybridized carbons (Fsp3) is 0.143. The summed E-state index contributed by atoms with van der Waals surface area (Å²) in [6.07, 6.45) is -5.23. The van der Waals surface area contributed by atoms with E-state index in [1.807, 2.05) is 0 Å². The quantitative estimate of drug-likeness (QED) is 0.652. The third-order valence-electron chi connectivity index (χ3n) is 1.85. The Bertz CT molecular complexity index is 614. The lowest BCUT2D eigenvalue weighted by Crippen LogP contribution is -2.21. The Morgan fingerprint density at radius 3 is 2.17 bits per heavy atom. The van der Waals surface area contributed by atoms with Crippen LogP contribution in [0.1, 0.15) is 5.56 Å². The number of nitrogens with two attached hydrogens (primary N) is 1. The Balaban J connectivity index is 3.91. The number of nitro groups is 1. The number of benzene rings is 1. The van der Waals surface area contributed by atoms with Crippen molar-refractivity contribution in [2.75, 3.05) is 0 Å². The highest BCUT2D eigenvalue weighted by Gasteiger charge is 2.44. The van der Waals surface area contributed by atoms with Crippen LogP contribution in [0.25, 0.3) is 0 Å². The van der Waals surface area contributed by atoms with Crippen molar-refractivity contribution in [2.24, 2.45) is 5.14 Å². The lowest BCUT2D eigenvalue weighted by Gasteiger charge is -2.12. The largest absolute Gasteiger partial charge is 0.424 e. The molecule has 0 saturated heterocycles. The summed E-state index contributed by atoms with van der Waals surface area (Å²) >= 11 is 2.58. The molecule has 1 aromatic carbocycles. The first-order chi connectivity index (χ1) is 7.96. The molecule has 0 aliphatic rings. The molecule has 1 rings (SSSR count). The van der Waals surface area contributed by atoms with E-state index < -0.39 is 41.7 Å². The van der Waals surface area contributed by atoms with Crippen molar-refractivity contribution in [3.8, 4) is 0 Å². The van der Waals surface area contributed by atoms with Gasteiger partial charge < -0.3 is 0 Å². The van der Waals surface area contributed by atoms with E-state index in [0.717, 1.165) is 6.07 Å². The molecule has 6 nitrogen and oxygen atoms in total. The highest BCUT2D eigenvalue weighted by molar-refractivity contribution is 9.10. The molecule has 0 radical (unpaired) electrons. The van der Waals surface area contributed by atoms with Gasteiger partial charge in [0.1, 0.15) is 4.90 Å². The first-order valence-corrected chi connectivity index (χ1v) is 6.37. The molecule has 0 amide bonds. The van der Waals surface area contributed by atoms with Gasteiger partial charge in [0, 0.05) is 10.5 Å². The number of nitro benzene ring substituents is 1. The number of hydrogen-bond acceptors (Lipinski definition) is 4. The van der Waals surface area contributed by atoms with Crippen LogP contribution in [0.5, 0.6) is 0 Å². The van der Waals surface area contributed by atoms with E-state index in [-0.39, 0.29) is 0 Å². The van der Waals surface area contributed by atoms with Gasteiger partial charge in [-0.05, 0) is 22.0 Å². The molecule has 18 heavy (non-hydrogen) atoms. The molecular formula is C7H4BrF3N2O4S. The maximum atomic E-state index is 12.7. The van der Waals surface area contributed by atoms with Gasteiger partial charge in [-0.1, -0.05) is 0 Å². The number of halogens is 4. The number of hydrogen-bond donors (Lipinski definition) is 1. The number of rotatable bonds is 2. The summed E-state index contributed by atoms with van der Waals surface area (Å²) in [5.74, 6) is 0. The molecule has 0 bridgehead atoms. The highest BCUT2D eigenvalue weighted by Crippen LogP contribution is 2.42. The zero-order valence-corrected chi connectivity index (χ0v) is 10.6. The Hall–Kier alpha value is -1.20. The molecule has 1 aromatic rings. The van der Waals surface area contributed by atoms with Crippen molar-refractivity contribution in [3.63, 3.8) is 0 Å². The van der Waals surface area contributed by atoms with Crippen LogP contribution in [-0.2, 0) is 16.2 Å². The predicted molar refractivity (Wildman–Crippen MR) is 57.2 cm³/mol. The van der Waals surface area contributed by atoms with Crippen LogP contribution in [0.15, 0.2) is 21.5 Å². The van der Waals surface area contributed by atoms with Crippen LogP contribution in [0.2, 0.25) is 0 Å². The zero-order chi connectivity index (χ0) is 14.3. The molecule has 0 spiro atoms. The second-order valence-corrected chi connectivity index (χ2v) is 5.42. The maximum absolute atomic E-state index is 12.7. The fourth-order valence-corrected chi connectivity index (χ4v) is 3.10. The highest BCUT2D eigenvalue weighted by atomic mass is 79.9. The first-order valence-electron chi connectivity index (χ1n) is 4.03. The first kappa shape index (κ1) is 14.9. The topological polar surface area (TPSA) is 103 Å². The smallest absolute Gasteiger partial charge is 0.258 e. The SMILES string of the molecule is NS(=O)(=O)c1c(Br)ccc([N+](=O)[O-])c1C(F)(F)F. The van der Waals surface area contributed by atoms with Gasteiger partial charge in [0.15, 0.2) is 5.56 Å². The Morgan fingerprint density at radius 2 is 1.83 bits per heavy atom. The van der Waals surface area contributed by atoms with Gasteiger partial charge in [0.05, 0.1) is 4.92 Å². The fourth-order valence-electron chi connectivity index (χ4n) is 1.25. The van der Waals surface area contributed by atoms with E-state index in [4.69, 9.17) is 0 Å². The van der Waals surface area contributed by atoms with Crippen LogP contribution >= 0.6 is 15.9 Å². The van der Waals surface area contributed by atoms with Crippen molar-refractivity contribution in [3.05, 3.63) is 32.3 Å². The standard InChI is InChI=1S/C7H4BrF3N2O4S/c8-3-1-2-4(13(14)15)5(7(9,10)11)6(3)18(12,16)17/h1-2H,(H2,12,16,17). The average molecular weight is 349 g/mol. The summed E-state index contributed by atoms with van der Waals surface area (Å²) in [6.45, 7) is 0. The minimum absolute atomic E-state index is 0.497. The summed E-state index contributed by atoms with van der Waals surface area (Å²) in [7, 11) is -4.77. The van der Waals surface area contributed by atoms with E-state index in [9.17, 15) is 31.7 Å². The number of nitrogens with zero attached hydrogens (tertiary/aromatic N) is 1. The molecule has 0 fully saturated rings. The van der Waals surface area contributed by atoms with Crippen LogP contribution in [0, 0.1) is 10.1 Å². The van der Waals surface area contributed by atoms with Gasteiger partial charge in [-0.2, -0.15) is 13.2 Å². The van der Waals surface area contributed by atoms with Gasteiger partial charge in [0.25, 0.3) is 5.69 Å². The van der Waals surface area contributed by atoms with Gasteiger partial charge in [-0.25, -0.2) is 13.6 Å². The Morgan fingerprint density at radius 1 is 1.33 bits per heavy atom. The summed E-state index contributed by atoms with van der Waals surface area (Å²) in [5.41, 5.74) is -3.28. The van der Waals surface area contributed by atoms with Crippen LogP contribution in [0.4, 0.5) is 18.9 Å².